The number of nitrogens with zero attached hydrogens (tertiary/aromatic N) is 3. The number of amides is 1. The minimum Gasteiger partial charge on any atom is -0.396 e. The lowest BCUT2D eigenvalue weighted by Crippen LogP contribution is -2.47. The van der Waals surface area contributed by atoms with Gasteiger partial charge >= 0.3 is 0 Å². The van der Waals surface area contributed by atoms with Crippen molar-refractivity contribution in [3.63, 3.8) is 0 Å². The number of anilines is 1. The van der Waals surface area contributed by atoms with Crippen LogP contribution in [0.4, 0.5) is 5.69 Å². The van der Waals surface area contributed by atoms with Crippen molar-refractivity contribution in [3.8, 4) is 0 Å². The Kier molecular flexibility index (Phi) is 6.43. The Balaban J connectivity index is 1.73. The molecule has 0 spiro atoms. The Hall–Kier alpha value is -1.30. The smallest absolute Gasteiger partial charge is 0.253 e. The third-order valence-electron chi connectivity index (χ3n) is 5.43. The minimum atomic E-state index is 0.0155. The summed E-state index contributed by atoms with van der Waals surface area (Å²) in [4.78, 5) is 19.4. The van der Waals surface area contributed by atoms with Gasteiger partial charge in [-0.25, -0.2) is 0 Å². The van der Waals surface area contributed by atoms with Crippen LogP contribution in [0.3, 0.4) is 0 Å². The standard InChI is InChI=1S/C20H30ClN3O2/c1-22(2)11-15-9-16(14-25)13-24(12-15)20(26)17-5-6-19(18(21)10-17)23-7-3-4-8-23/h5-6,10,15-16,25H,3-4,7-9,11-14H2,1-2H3/t15-,16+/m0/s1. The number of hydrogen-bond acceptors (Lipinski definition) is 4. The van der Waals surface area contributed by atoms with Gasteiger partial charge in [0, 0.05) is 44.9 Å². The summed E-state index contributed by atoms with van der Waals surface area (Å²) in [5, 5.41) is 10.3. The normalized spacial score (nSPS) is 23.7. The SMILES string of the molecule is CN(C)C[C@@H]1C[C@@H](CO)CN(C(=O)c2ccc(N3CCCC3)c(Cl)c2)C1. The largest absolute Gasteiger partial charge is 0.396 e. The molecule has 1 N–H and O–H groups in total. The van der Waals surface area contributed by atoms with Crippen LogP contribution in [0.1, 0.15) is 29.6 Å². The predicted molar refractivity (Wildman–Crippen MR) is 106 cm³/mol. The highest BCUT2D eigenvalue weighted by molar-refractivity contribution is 6.33. The van der Waals surface area contributed by atoms with E-state index in [1.165, 1.54) is 12.8 Å². The molecule has 2 fully saturated rings. The summed E-state index contributed by atoms with van der Waals surface area (Å²) in [6.07, 6.45) is 3.36. The molecule has 3 rings (SSSR count). The Morgan fingerprint density at radius 3 is 2.54 bits per heavy atom. The van der Waals surface area contributed by atoms with E-state index in [0.29, 0.717) is 23.0 Å². The van der Waals surface area contributed by atoms with Crippen molar-refractivity contribution in [3.05, 3.63) is 28.8 Å². The molecule has 2 aliphatic heterocycles. The van der Waals surface area contributed by atoms with Crippen LogP contribution in [0.5, 0.6) is 0 Å². The average Bonchev–Trinajstić information content (AvgIpc) is 3.14. The fraction of sp³-hybridized carbons (Fsp3) is 0.650. The average molecular weight is 380 g/mol. The van der Waals surface area contributed by atoms with Gasteiger partial charge in [0.05, 0.1) is 10.7 Å². The second-order valence-electron chi connectivity index (χ2n) is 7.98. The molecule has 2 atom stereocenters. The summed E-state index contributed by atoms with van der Waals surface area (Å²) in [6.45, 7) is 4.47. The number of aliphatic hydroxyl groups is 1. The van der Waals surface area contributed by atoms with Crippen molar-refractivity contribution < 1.29 is 9.90 Å². The van der Waals surface area contributed by atoms with E-state index >= 15 is 0 Å². The van der Waals surface area contributed by atoms with Crippen molar-refractivity contribution in [2.45, 2.75) is 19.3 Å². The molecule has 0 bridgehead atoms. The minimum absolute atomic E-state index is 0.0155. The monoisotopic (exact) mass is 379 g/mol. The molecule has 2 heterocycles. The van der Waals surface area contributed by atoms with Gasteiger partial charge in [-0.1, -0.05) is 11.6 Å². The number of benzene rings is 1. The second-order valence-corrected chi connectivity index (χ2v) is 8.39. The Morgan fingerprint density at radius 1 is 1.23 bits per heavy atom. The highest BCUT2D eigenvalue weighted by atomic mass is 35.5. The lowest BCUT2D eigenvalue weighted by molar-refractivity contribution is 0.0478. The number of carbonyl (C=O) groups is 1. The molecule has 1 aromatic rings. The molecule has 1 amide bonds. The predicted octanol–water partition coefficient (Wildman–Crippen LogP) is 2.57. The maximum Gasteiger partial charge on any atom is 0.253 e. The molecule has 2 saturated heterocycles. The van der Waals surface area contributed by atoms with Gasteiger partial charge in [-0.2, -0.15) is 0 Å². The van der Waals surface area contributed by atoms with Gasteiger partial charge in [0.1, 0.15) is 0 Å². The van der Waals surface area contributed by atoms with E-state index in [2.05, 4.69) is 9.80 Å². The number of piperidine rings is 1. The van der Waals surface area contributed by atoms with Crippen LogP contribution in [0.25, 0.3) is 0 Å². The van der Waals surface area contributed by atoms with Gasteiger partial charge in [-0.15, -0.1) is 0 Å². The molecule has 5 nitrogen and oxygen atoms in total. The fourth-order valence-electron chi connectivity index (χ4n) is 4.30. The molecular formula is C20H30ClN3O2. The molecule has 0 aromatic heterocycles. The van der Waals surface area contributed by atoms with Gasteiger partial charge in [0.25, 0.3) is 5.91 Å². The van der Waals surface area contributed by atoms with E-state index in [4.69, 9.17) is 11.6 Å². The van der Waals surface area contributed by atoms with E-state index in [0.717, 1.165) is 38.3 Å². The van der Waals surface area contributed by atoms with Crippen LogP contribution in [-0.2, 0) is 0 Å². The van der Waals surface area contributed by atoms with Crippen LogP contribution < -0.4 is 4.90 Å². The third kappa shape index (κ3) is 4.51. The Morgan fingerprint density at radius 2 is 1.92 bits per heavy atom. The summed E-state index contributed by atoms with van der Waals surface area (Å²) < 4.78 is 0. The lowest BCUT2D eigenvalue weighted by atomic mass is 9.89. The van der Waals surface area contributed by atoms with Crippen LogP contribution in [0.15, 0.2) is 18.2 Å². The van der Waals surface area contributed by atoms with Crippen molar-refractivity contribution in [1.29, 1.82) is 0 Å². The summed E-state index contributed by atoms with van der Waals surface area (Å²) in [7, 11) is 4.09. The molecule has 1 aromatic carbocycles. The van der Waals surface area contributed by atoms with Crippen LogP contribution in [-0.4, -0.2) is 74.2 Å². The van der Waals surface area contributed by atoms with E-state index in [1.54, 1.807) is 6.07 Å². The number of hydrogen-bond donors (Lipinski definition) is 1. The van der Waals surface area contributed by atoms with Crippen molar-refractivity contribution in [2.75, 3.05) is 58.3 Å². The summed E-state index contributed by atoms with van der Waals surface area (Å²) in [5.74, 6) is 0.554. The number of aliphatic hydroxyl groups excluding tert-OH is 1. The zero-order valence-electron chi connectivity index (χ0n) is 15.8. The van der Waals surface area contributed by atoms with Crippen LogP contribution >= 0.6 is 11.6 Å². The third-order valence-corrected chi connectivity index (χ3v) is 5.74. The molecule has 0 aliphatic carbocycles. The van der Waals surface area contributed by atoms with Crippen molar-refractivity contribution in [1.82, 2.24) is 9.80 Å². The highest BCUT2D eigenvalue weighted by Crippen LogP contribution is 2.31. The quantitative estimate of drug-likeness (QED) is 0.854. The molecular weight excluding hydrogens is 350 g/mol. The van der Waals surface area contributed by atoms with Gasteiger partial charge in [-0.05, 0) is 63.4 Å². The lowest BCUT2D eigenvalue weighted by Gasteiger charge is -2.38. The fourth-order valence-corrected chi connectivity index (χ4v) is 4.60. The summed E-state index contributed by atoms with van der Waals surface area (Å²) in [5.41, 5.74) is 1.67. The topological polar surface area (TPSA) is 47.0 Å². The number of halogens is 1. The Bertz CT molecular complexity index is 631. The molecule has 0 saturated carbocycles. The van der Waals surface area contributed by atoms with Crippen LogP contribution in [0, 0.1) is 11.8 Å². The maximum atomic E-state index is 13.0. The first-order valence-electron chi connectivity index (χ1n) is 9.57. The zero-order valence-corrected chi connectivity index (χ0v) is 16.6. The summed E-state index contributed by atoms with van der Waals surface area (Å²) >= 11 is 6.49. The number of carbonyl (C=O) groups excluding carboxylic acids is 1. The first-order valence-corrected chi connectivity index (χ1v) is 9.95. The molecule has 0 unspecified atom stereocenters. The van der Waals surface area contributed by atoms with E-state index in [1.807, 2.05) is 31.1 Å². The number of likely N-dealkylation sites (tertiary alicyclic amines) is 1. The highest BCUT2D eigenvalue weighted by Gasteiger charge is 2.30. The van der Waals surface area contributed by atoms with E-state index in [-0.39, 0.29) is 18.4 Å². The molecule has 0 radical (unpaired) electrons. The maximum absolute atomic E-state index is 13.0. The van der Waals surface area contributed by atoms with Crippen molar-refractivity contribution >= 4 is 23.2 Å². The van der Waals surface area contributed by atoms with E-state index in [9.17, 15) is 9.90 Å². The summed E-state index contributed by atoms with van der Waals surface area (Å²) in [6, 6.07) is 5.68. The Labute approximate surface area is 161 Å². The first kappa shape index (κ1) is 19.5. The second kappa shape index (κ2) is 8.59. The van der Waals surface area contributed by atoms with Gasteiger partial charge in [-0.3, -0.25) is 4.79 Å². The number of rotatable bonds is 5. The van der Waals surface area contributed by atoms with Crippen molar-refractivity contribution in [2.24, 2.45) is 11.8 Å². The molecule has 6 heteroatoms. The zero-order chi connectivity index (χ0) is 18.7. The van der Waals surface area contributed by atoms with Gasteiger partial charge in [0.15, 0.2) is 0 Å². The van der Waals surface area contributed by atoms with Gasteiger partial charge in [0.2, 0.25) is 0 Å². The first-order chi connectivity index (χ1) is 12.5. The molecule has 26 heavy (non-hydrogen) atoms. The molecule has 2 aliphatic rings. The van der Waals surface area contributed by atoms with Gasteiger partial charge < -0.3 is 19.8 Å². The van der Waals surface area contributed by atoms with E-state index < -0.39 is 0 Å². The molecule has 144 valence electrons. The van der Waals surface area contributed by atoms with Crippen LogP contribution in [0.2, 0.25) is 5.02 Å².